The molecule has 2 rings (SSSR count). The van der Waals surface area contributed by atoms with Crippen molar-refractivity contribution in [1.82, 2.24) is 4.90 Å². The van der Waals surface area contributed by atoms with Crippen molar-refractivity contribution >= 4 is 5.78 Å². The number of benzene rings is 1. The van der Waals surface area contributed by atoms with Gasteiger partial charge in [-0.25, -0.2) is 0 Å². The fourth-order valence-corrected chi connectivity index (χ4v) is 2.54. The number of aliphatic hydroxyl groups is 1. The molecule has 1 N–H and O–H groups in total. The zero-order valence-corrected chi connectivity index (χ0v) is 11.9. The minimum absolute atomic E-state index is 0.200. The van der Waals surface area contributed by atoms with Gasteiger partial charge in [0.2, 0.25) is 0 Å². The lowest BCUT2D eigenvalue weighted by molar-refractivity contribution is 0.0864. The summed E-state index contributed by atoms with van der Waals surface area (Å²) < 4.78 is 0. The normalized spacial score (nSPS) is 17.6. The van der Waals surface area contributed by atoms with E-state index in [1.54, 1.807) is 0 Å². The molecule has 1 aromatic carbocycles. The molecular weight excluding hydrogens is 238 g/mol. The predicted octanol–water partition coefficient (Wildman–Crippen LogP) is 2.19. The van der Waals surface area contributed by atoms with Crippen molar-refractivity contribution in [3.05, 3.63) is 34.9 Å². The largest absolute Gasteiger partial charge is 0.396 e. The molecule has 1 aliphatic heterocycles. The molecule has 0 spiro atoms. The van der Waals surface area contributed by atoms with Crippen LogP contribution in [0.1, 0.15) is 34.3 Å². The van der Waals surface area contributed by atoms with Crippen molar-refractivity contribution in [2.24, 2.45) is 5.92 Å². The zero-order chi connectivity index (χ0) is 13.8. The van der Waals surface area contributed by atoms with Crippen molar-refractivity contribution in [3.63, 3.8) is 0 Å². The Balaban J connectivity index is 1.92. The lowest BCUT2D eigenvalue weighted by Gasteiger charge is -2.30. The van der Waals surface area contributed by atoms with Crippen molar-refractivity contribution in [2.75, 3.05) is 26.2 Å². The van der Waals surface area contributed by atoms with Crippen LogP contribution in [0.4, 0.5) is 0 Å². The van der Waals surface area contributed by atoms with Gasteiger partial charge < -0.3 is 5.11 Å². The Kier molecular flexibility index (Phi) is 4.72. The van der Waals surface area contributed by atoms with Gasteiger partial charge >= 0.3 is 0 Å². The monoisotopic (exact) mass is 261 g/mol. The van der Waals surface area contributed by atoms with Crippen LogP contribution in [0.3, 0.4) is 0 Å². The number of hydrogen-bond donors (Lipinski definition) is 1. The second-order valence-corrected chi connectivity index (χ2v) is 5.62. The van der Waals surface area contributed by atoms with Crippen LogP contribution in [0.25, 0.3) is 0 Å². The Hall–Kier alpha value is -1.19. The van der Waals surface area contributed by atoms with Crippen LogP contribution in [-0.2, 0) is 0 Å². The van der Waals surface area contributed by atoms with Gasteiger partial charge in [0.25, 0.3) is 0 Å². The minimum Gasteiger partial charge on any atom is -0.396 e. The third-order valence-corrected chi connectivity index (χ3v) is 4.16. The summed E-state index contributed by atoms with van der Waals surface area (Å²) in [4.78, 5) is 14.4. The molecule has 1 saturated heterocycles. The standard InChI is InChI=1S/C16H23NO2/c1-12-3-4-15(9-13(12)2)16(19)10-17-7-5-14(11-18)6-8-17/h3-4,9,14,18H,5-8,10-11H2,1-2H3. The van der Waals surface area contributed by atoms with Gasteiger partial charge in [-0.3, -0.25) is 9.69 Å². The van der Waals surface area contributed by atoms with E-state index in [9.17, 15) is 4.79 Å². The lowest BCUT2D eigenvalue weighted by atomic mass is 9.97. The molecule has 3 nitrogen and oxygen atoms in total. The maximum atomic E-state index is 12.2. The number of aliphatic hydroxyl groups excluding tert-OH is 1. The zero-order valence-electron chi connectivity index (χ0n) is 11.9. The van der Waals surface area contributed by atoms with Crippen LogP contribution in [-0.4, -0.2) is 42.0 Å². The molecule has 19 heavy (non-hydrogen) atoms. The fraction of sp³-hybridized carbons (Fsp3) is 0.562. The number of hydrogen-bond acceptors (Lipinski definition) is 3. The third kappa shape index (κ3) is 3.64. The van der Waals surface area contributed by atoms with Gasteiger partial charge in [0.15, 0.2) is 5.78 Å². The highest BCUT2D eigenvalue weighted by Gasteiger charge is 2.20. The smallest absolute Gasteiger partial charge is 0.176 e. The summed E-state index contributed by atoms with van der Waals surface area (Å²) in [5, 5.41) is 9.11. The molecule has 104 valence electrons. The van der Waals surface area contributed by atoms with Crippen molar-refractivity contribution < 1.29 is 9.90 Å². The van der Waals surface area contributed by atoms with Gasteiger partial charge in [-0.2, -0.15) is 0 Å². The molecule has 1 heterocycles. The second-order valence-electron chi connectivity index (χ2n) is 5.62. The molecule has 0 saturated carbocycles. The van der Waals surface area contributed by atoms with Gasteiger partial charge in [0.1, 0.15) is 0 Å². The Morgan fingerprint density at radius 2 is 1.95 bits per heavy atom. The molecule has 1 aromatic rings. The minimum atomic E-state index is 0.200. The number of aryl methyl sites for hydroxylation is 2. The molecule has 0 atom stereocenters. The molecule has 3 heteroatoms. The summed E-state index contributed by atoms with van der Waals surface area (Å²) in [5.41, 5.74) is 3.21. The van der Waals surface area contributed by atoms with E-state index in [-0.39, 0.29) is 12.4 Å². The van der Waals surface area contributed by atoms with Gasteiger partial charge in [-0.05, 0) is 62.9 Å². The van der Waals surface area contributed by atoms with E-state index in [0.29, 0.717) is 12.5 Å². The van der Waals surface area contributed by atoms with Crippen LogP contribution in [0.2, 0.25) is 0 Å². The summed E-state index contributed by atoms with van der Waals surface area (Å²) in [6.07, 6.45) is 1.99. The summed E-state index contributed by atoms with van der Waals surface area (Å²) in [7, 11) is 0. The fourth-order valence-electron chi connectivity index (χ4n) is 2.54. The number of likely N-dealkylation sites (tertiary alicyclic amines) is 1. The number of carbonyl (C=O) groups is 1. The number of carbonyl (C=O) groups excluding carboxylic acids is 1. The Bertz CT molecular complexity index is 448. The van der Waals surface area contributed by atoms with Crippen LogP contribution >= 0.6 is 0 Å². The van der Waals surface area contributed by atoms with Crippen molar-refractivity contribution in [1.29, 1.82) is 0 Å². The van der Waals surface area contributed by atoms with Crippen LogP contribution in [0.15, 0.2) is 18.2 Å². The van der Waals surface area contributed by atoms with E-state index in [0.717, 1.165) is 31.5 Å². The highest BCUT2D eigenvalue weighted by molar-refractivity contribution is 5.97. The van der Waals surface area contributed by atoms with E-state index in [4.69, 9.17) is 5.11 Å². The highest BCUT2D eigenvalue weighted by atomic mass is 16.3. The lowest BCUT2D eigenvalue weighted by Crippen LogP contribution is -2.38. The Morgan fingerprint density at radius 1 is 1.26 bits per heavy atom. The first kappa shape index (κ1) is 14.2. The molecule has 1 aliphatic rings. The molecule has 0 radical (unpaired) electrons. The summed E-state index contributed by atoms with van der Waals surface area (Å²) in [6.45, 7) is 6.71. The number of ketones is 1. The molecular formula is C16H23NO2. The number of rotatable bonds is 4. The topological polar surface area (TPSA) is 40.5 Å². The highest BCUT2D eigenvalue weighted by Crippen LogP contribution is 2.17. The molecule has 0 unspecified atom stereocenters. The van der Waals surface area contributed by atoms with E-state index in [1.807, 2.05) is 25.1 Å². The van der Waals surface area contributed by atoms with Gasteiger partial charge in [0.05, 0.1) is 6.54 Å². The quantitative estimate of drug-likeness (QED) is 0.845. The Morgan fingerprint density at radius 3 is 2.53 bits per heavy atom. The summed E-state index contributed by atoms with van der Waals surface area (Å²) in [6, 6.07) is 5.92. The SMILES string of the molecule is Cc1ccc(C(=O)CN2CCC(CO)CC2)cc1C. The van der Waals surface area contributed by atoms with E-state index >= 15 is 0 Å². The maximum absolute atomic E-state index is 12.2. The Labute approximate surface area is 115 Å². The van der Waals surface area contributed by atoms with Gasteiger partial charge in [-0.15, -0.1) is 0 Å². The predicted molar refractivity (Wildman–Crippen MR) is 76.5 cm³/mol. The van der Waals surface area contributed by atoms with Gasteiger partial charge in [-0.1, -0.05) is 12.1 Å². The number of Topliss-reactive ketones (excluding diaryl/α,β-unsaturated/α-hetero) is 1. The van der Waals surface area contributed by atoms with Crippen molar-refractivity contribution in [2.45, 2.75) is 26.7 Å². The van der Waals surface area contributed by atoms with Crippen LogP contribution < -0.4 is 0 Å². The molecule has 1 fully saturated rings. The van der Waals surface area contributed by atoms with E-state index in [1.165, 1.54) is 11.1 Å². The van der Waals surface area contributed by atoms with E-state index < -0.39 is 0 Å². The third-order valence-electron chi connectivity index (χ3n) is 4.16. The van der Waals surface area contributed by atoms with Crippen LogP contribution in [0, 0.1) is 19.8 Å². The van der Waals surface area contributed by atoms with Gasteiger partial charge in [0, 0.05) is 12.2 Å². The molecule has 0 bridgehead atoms. The van der Waals surface area contributed by atoms with E-state index in [2.05, 4.69) is 11.8 Å². The first-order valence-corrected chi connectivity index (χ1v) is 7.04. The number of piperidine rings is 1. The average Bonchev–Trinajstić information content (AvgIpc) is 2.42. The van der Waals surface area contributed by atoms with Crippen LogP contribution in [0.5, 0.6) is 0 Å². The first-order chi connectivity index (χ1) is 9.10. The average molecular weight is 261 g/mol. The maximum Gasteiger partial charge on any atom is 0.176 e. The second kappa shape index (κ2) is 6.31. The molecule has 0 aromatic heterocycles. The molecule has 0 amide bonds. The summed E-state index contributed by atoms with van der Waals surface area (Å²) in [5.74, 6) is 0.624. The first-order valence-electron chi connectivity index (χ1n) is 7.04. The summed E-state index contributed by atoms with van der Waals surface area (Å²) >= 11 is 0. The van der Waals surface area contributed by atoms with Crippen molar-refractivity contribution in [3.8, 4) is 0 Å². The number of nitrogens with zero attached hydrogens (tertiary/aromatic N) is 1. The molecule has 0 aliphatic carbocycles.